The Kier molecular flexibility index (Phi) is 4.80. The highest BCUT2D eigenvalue weighted by molar-refractivity contribution is 5.88. The van der Waals surface area contributed by atoms with Crippen molar-refractivity contribution in [3.05, 3.63) is 65.7 Å². The van der Waals surface area contributed by atoms with Gasteiger partial charge in [0.2, 0.25) is 0 Å². The predicted molar refractivity (Wildman–Crippen MR) is 103 cm³/mol. The van der Waals surface area contributed by atoms with E-state index in [2.05, 4.69) is 51.4 Å². The molecule has 4 nitrogen and oxygen atoms in total. The number of halogens is 1. The van der Waals surface area contributed by atoms with Crippen LogP contribution < -0.4 is 5.32 Å². The highest BCUT2D eigenvalue weighted by Crippen LogP contribution is 2.29. The number of anilines is 1. The summed E-state index contributed by atoms with van der Waals surface area (Å²) in [6, 6.07) is 13.3. The number of nitrogens with zero attached hydrogens (tertiary/aromatic N) is 3. The minimum absolute atomic E-state index is 0.276. The molecule has 0 unspecified atom stereocenters. The lowest BCUT2D eigenvalue weighted by molar-refractivity contribution is 0.347. The molecule has 1 fully saturated rings. The maximum absolute atomic E-state index is 13.3. The lowest BCUT2D eigenvalue weighted by Gasteiger charge is -2.18. The van der Waals surface area contributed by atoms with E-state index in [0.717, 1.165) is 37.4 Å². The second kappa shape index (κ2) is 7.38. The topological polar surface area (TPSA) is 41.0 Å². The fourth-order valence-electron chi connectivity index (χ4n) is 3.84. The van der Waals surface area contributed by atoms with Gasteiger partial charge in [-0.2, -0.15) is 0 Å². The van der Waals surface area contributed by atoms with Crippen molar-refractivity contribution in [3.63, 3.8) is 0 Å². The van der Waals surface area contributed by atoms with E-state index >= 15 is 0 Å². The third-order valence-electron chi connectivity index (χ3n) is 5.22. The first-order valence-corrected chi connectivity index (χ1v) is 9.13. The molecule has 1 atom stereocenters. The van der Waals surface area contributed by atoms with Crippen molar-refractivity contribution in [1.29, 1.82) is 0 Å². The number of aryl methyl sites for hydroxylation is 1. The summed E-state index contributed by atoms with van der Waals surface area (Å²) in [5, 5.41) is 4.24. The van der Waals surface area contributed by atoms with Crippen molar-refractivity contribution in [2.75, 3.05) is 31.5 Å². The summed E-state index contributed by atoms with van der Waals surface area (Å²) in [5.41, 5.74) is 3.49. The zero-order valence-electron chi connectivity index (χ0n) is 15.0. The Morgan fingerprint density at radius 1 is 1.19 bits per heavy atom. The molecule has 26 heavy (non-hydrogen) atoms. The molecule has 0 radical (unpaired) electrons. The SMILES string of the molecule is Cc1ccccc1[C@H]1CCN(CCNc2ncnc3cc(F)ccc23)C1. The van der Waals surface area contributed by atoms with E-state index in [1.54, 1.807) is 6.07 Å². The molecule has 3 aromatic rings. The minimum atomic E-state index is -0.276. The molecular weight excluding hydrogens is 327 g/mol. The van der Waals surface area contributed by atoms with Gasteiger partial charge in [0.1, 0.15) is 18.0 Å². The van der Waals surface area contributed by atoms with Crippen LogP contribution in [0.3, 0.4) is 0 Å². The van der Waals surface area contributed by atoms with Crippen LogP contribution in [0.1, 0.15) is 23.5 Å². The Morgan fingerprint density at radius 2 is 2.08 bits per heavy atom. The molecule has 4 rings (SSSR count). The lowest BCUT2D eigenvalue weighted by atomic mass is 9.94. The van der Waals surface area contributed by atoms with Crippen molar-refractivity contribution in [1.82, 2.24) is 14.9 Å². The van der Waals surface area contributed by atoms with Crippen molar-refractivity contribution < 1.29 is 4.39 Å². The van der Waals surface area contributed by atoms with Gasteiger partial charge in [-0.3, -0.25) is 0 Å². The first-order valence-electron chi connectivity index (χ1n) is 9.13. The van der Waals surface area contributed by atoms with Crippen molar-refractivity contribution >= 4 is 16.7 Å². The molecule has 1 saturated heterocycles. The fourth-order valence-corrected chi connectivity index (χ4v) is 3.84. The second-order valence-corrected chi connectivity index (χ2v) is 6.95. The van der Waals surface area contributed by atoms with Gasteiger partial charge in [0.05, 0.1) is 5.52 Å². The van der Waals surface area contributed by atoms with Gasteiger partial charge >= 0.3 is 0 Å². The Morgan fingerprint density at radius 3 is 2.96 bits per heavy atom. The second-order valence-electron chi connectivity index (χ2n) is 6.95. The zero-order valence-corrected chi connectivity index (χ0v) is 15.0. The first-order chi connectivity index (χ1) is 12.7. The Bertz CT molecular complexity index is 911. The summed E-state index contributed by atoms with van der Waals surface area (Å²) >= 11 is 0. The molecule has 0 aliphatic carbocycles. The van der Waals surface area contributed by atoms with Gasteiger partial charge in [-0.1, -0.05) is 24.3 Å². The van der Waals surface area contributed by atoms with E-state index in [9.17, 15) is 4.39 Å². The van der Waals surface area contributed by atoms with Crippen LogP contribution in [0.5, 0.6) is 0 Å². The molecule has 5 heteroatoms. The van der Waals surface area contributed by atoms with Gasteiger partial charge in [0.15, 0.2) is 0 Å². The normalized spacial score (nSPS) is 17.7. The van der Waals surface area contributed by atoms with Crippen LogP contribution in [0.15, 0.2) is 48.8 Å². The quantitative estimate of drug-likeness (QED) is 0.756. The molecule has 0 spiro atoms. The molecular formula is C21H23FN4. The van der Waals surface area contributed by atoms with E-state index in [1.807, 2.05) is 0 Å². The molecule has 1 aliphatic rings. The van der Waals surface area contributed by atoms with E-state index < -0.39 is 0 Å². The first kappa shape index (κ1) is 16.9. The maximum Gasteiger partial charge on any atom is 0.137 e. The molecule has 0 saturated carbocycles. The highest BCUT2D eigenvalue weighted by Gasteiger charge is 2.24. The van der Waals surface area contributed by atoms with Crippen molar-refractivity contribution in [2.45, 2.75) is 19.3 Å². The third kappa shape index (κ3) is 3.53. The Hall–Kier alpha value is -2.53. The number of rotatable bonds is 5. The largest absolute Gasteiger partial charge is 0.368 e. The van der Waals surface area contributed by atoms with E-state index in [-0.39, 0.29) is 5.82 Å². The number of benzene rings is 2. The van der Waals surface area contributed by atoms with Crippen LogP contribution in [-0.4, -0.2) is 41.0 Å². The van der Waals surface area contributed by atoms with E-state index in [1.165, 1.54) is 36.0 Å². The average Bonchev–Trinajstić information content (AvgIpc) is 3.10. The number of nitrogens with one attached hydrogen (secondary N) is 1. The zero-order chi connectivity index (χ0) is 17.9. The van der Waals surface area contributed by atoms with Crippen LogP contribution in [0.4, 0.5) is 10.2 Å². The number of likely N-dealkylation sites (tertiary alicyclic amines) is 1. The molecule has 2 aromatic carbocycles. The van der Waals surface area contributed by atoms with Crippen molar-refractivity contribution in [3.8, 4) is 0 Å². The number of aromatic nitrogens is 2. The highest BCUT2D eigenvalue weighted by atomic mass is 19.1. The van der Waals surface area contributed by atoms with Crippen molar-refractivity contribution in [2.24, 2.45) is 0 Å². The fraction of sp³-hybridized carbons (Fsp3) is 0.333. The summed E-state index contributed by atoms with van der Waals surface area (Å²) in [4.78, 5) is 10.9. The van der Waals surface area contributed by atoms with E-state index in [4.69, 9.17) is 0 Å². The molecule has 0 bridgehead atoms. The Balaban J connectivity index is 1.35. The summed E-state index contributed by atoms with van der Waals surface area (Å²) in [6.07, 6.45) is 2.69. The van der Waals surface area contributed by atoms with Gasteiger partial charge in [0.25, 0.3) is 0 Å². The van der Waals surface area contributed by atoms with E-state index in [0.29, 0.717) is 11.4 Å². The van der Waals surface area contributed by atoms with Crippen LogP contribution in [0.25, 0.3) is 10.9 Å². The van der Waals surface area contributed by atoms with Crippen LogP contribution in [-0.2, 0) is 0 Å². The van der Waals surface area contributed by atoms with Crippen LogP contribution >= 0.6 is 0 Å². The standard InChI is InChI=1S/C21H23FN4/c1-15-4-2-3-5-18(15)16-8-10-26(13-16)11-9-23-21-19-7-6-17(22)12-20(19)24-14-25-21/h2-7,12,14,16H,8-11,13H2,1H3,(H,23,24,25)/t16-/m0/s1. The molecule has 1 aromatic heterocycles. The average molecular weight is 350 g/mol. The third-order valence-corrected chi connectivity index (χ3v) is 5.22. The molecule has 1 N–H and O–H groups in total. The molecule has 0 amide bonds. The van der Waals surface area contributed by atoms with Crippen LogP contribution in [0, 0.1) is 12.7 Å². The van der Waals surface area contributed by atoms with Gasteiger partial charge in [-0.15, -0.1) is 0 Å². The molecule has 134 valence electrons. The summed E-state index contributed by atoms with van der Waals surface area (Å²) in [6.45, 7) is 6.19. The number of fused-ring (bicyclic) bond motifs is 1. The monoisotopic (exact) mass is 350 g/mol. The minimum Gasteiger partial charge on any atom is -0.368 e. The maximum atomic E-state index is 13.3. The summed E-state index contributed by atoms with van der Waals surface area (Å²) in [7, 11) is 0. The predicted octanol–water partition coefficient (Wildman–Crippen LogP) is 3.98. The van der Waals surface area contributed by atoms with Crippen LogP contribution in [0.2, 0.25) is 0 Å². The summed E-state index contributed by atoms with van der Waals surface area (Å²) in [5.74, 6) is 1.12. The summed E-state index contributed by atoms with van der Waals surface area (Å²) < 4.78 is 13.3. The molecule has 1 aliphatic heterocycles. The lowest BCUT2D eigenvalue weighted by Crippen LogP contribution is -2.27. The Labute approximate surface area is 153 Å². The number of hydrogen-bond donors (Lipinski definition) is 1. The molecule has 2 heterocycles. The van der Waals surface area contributed by atoms with Gasteiger partial charge < -0.3 is 10.2 Å². The van der Waals surface area contributed by atoms with Gasteiger partial charge in [0, 0.05) is 31.1 Å². The van der Waals surface area contributed by atoms with Gasteiger partial charge in [-0.25, -0.2) is 14.4 Å². The smallest absolute Gasteiger partial charge is 0.137 e. The van der Waals surface area contributed by atoms with Gasteiger partial charge in [-0.05, 0) is 49.1 Å². The number of hydrogen-bond acceptors (Lipinski definition) is 4.